The van der Waals surface area contributed by atoms with Crippen LogP contribution in [0.15, 0.2) is 34.5 Å². The molecule has 0 N–H and O–H groups in total. The van der Waals surface area contributed by atoms with Crippen LogP contribution in [0.25, 0.3) is 0 Å². The number of azo groups is 1. The minimum absolute atomic E-state index is 0.253. The predicted octanol–water partition coefficient (Wildman–Crippen LogP) is 7.43. The minimum Gasteiger partial charge on any atom is -0.499 e. The molecule has 1 rings (SSSR count). The zero-order valence-corrected chi connectivity index (χ0v) is 19.8. The molecule has 0 aliphatic rings. The molecule has 6 nitrogen and oxygen atoms in total. The molecule has 0 saturated carbocycles. The van der Waals surface area contributed by atoms with Crippen LogP contribution in [0.3, 0.4) is 0 Å². The number of rotatable bonds is 2. The maximum absolute atomic E-state index is 12.5. The fraction of sp³-hybridized carbons (Fsp3) is 0.619. The summed E-state index contributed by atoms with van der Waals surface area (Å²) < 4.78 is 11.1. The van der Waals surface area contributed by atoms with Crippen LogP contribution in [-0.4, -0.2) is 20.5 Å². The Hall–Kier alpha value is -2.02. The Morgan fingerprint density at radius 3 is 1.54 bits per heavy atom. The van der Waals surface area contributed by atoms with Gasteiger partial charge in [0, 0.05) is 0 Å². The van der Waals surface area contributed by atoms with E-state index in [-0.39, 0.29) is 15.1 Å². The molecule has 0 saturated heterocycles. The van der Waals surface area contributed by atoms with Crippen LogP contribution in [0.4, 0.5) is 9.59 Å². The van der Waals surface area contributed by atoms with Crippen LogP contribution in [-0.2, 0) is 4.43 Å². The van der Waals surface area contributed by atoms with Crippen molar-refractivity contribution < 1.29 is 18.8 Å². The smallest absolute Gasteiger partial charge is 0.458 e. The highest BCUT2D eigenvalue weighted by Crippen LogP contribution is 2.62. The number of hydrogen-bond acceptors (Lipinski definition) is 4. The SMILES string of the molecule is Cc1ccc(OC(=O)/N=N/C(=O)O[Si](C(C)(C)C)(C(C)(C)C)C(C)(C)C)cc1. The first kappa shape index (κ1) is 24.0. The summed E-state index contributed by atoms with van der Waals surface area (Å²) in [5, 5.41) is 6.11. The van der Waals surface area contributed by atoms with Crippen molar-refractivity contribution in [3.8, 4) is 5.75 Å². The molecule has 0 fully saturated rings. The maximum atomic E-state index is 12.5. The van der Waals surface area contributed by atoms with Crippen molar-refractivity contribution in [3.05, 3.63) is 29.8 Å². The van der Waals surface area contributed by atoms with Crippen LogP contribution in [0.2, 0.25) is 15.1 Å². The van der Waals surface area contributed by atoms with Gasteiger partial charge in [0.25, 0.3) is 8.32 Å². The lowest BCUT2D eigenvalue weighted by Crippen LogP contribution is -2.61. The van der Waals surface area contributed by atoms with Crippen molar-refractivity contribution >= 4 is 20.5 Å². The Kier molecular flexibility index (Phi) is 6.99. The van der Waals surface area contributed by atoms with Crippen LogP contribution < -0.4 is 4.74 Å². The van der Waals surface area contributed by atoms with Crippen molar-refractivity contribution in [1.29, 1.82) is 0 Å². The summed E-state index contributed by atoms with van der Waals surface area (Å²) in [6.45, 7) is 20.7. The number of benzene rings is 1. The zero-order valence-electron chi connectivity index (χ0n) is 18.8. The topological polar surface area (TPSA) is 77.3 Å². The van der Waals surface area contributed by atoms with E-state index in [0.717, 1.165) is 5.56 Å². The number of nitrogens with zero attached hydrogens (tertiary/aromatic N) is 2. The first-order chi connectivity index (χ1) is 12.5. The lowest BCUT2D eigenvalue weighted by molar-refractivity contribution is 0.189. The molecule has 0 spiro atoms. The zero-order chi connectivity index (χ0) is 22.0. The van der Waals surface area contributed by atoms with Gasteiger partial charge >= 0.3 is 12.2 Å². The number of aryl methyl sites for hydroxylation is 1. The lowest BCUT2D eigenvalue weighted by Gasteiger charge is -2.56. The van der Waals surface area contributed by atoms with Gasteiger partial charge in [-0.2, -0.15) is 0 Å². The predicted molar refractivity (Wildman–Crippen MR) is 113 cm³/mol. The van der Waals surface area contributed by atoms with Gasteiger partial charge in [-0.3, -0.25) is 0 Å². The quantitative estimate of drug-likeness (QED) is 0.378. The molecular weight excluding hydrogens is 372 g/mol. The van der Waals surface area contributed by atoms with E-state index in [1.165, 1.54) is 0 Å². The molecule has 28 heavy (non-hydrogen) atoms. The third-order valence-corrected chi connectivity index (χ3v) is 11.7. The Morgan fingerprint density at radius 2 is 1.14 bits per heavy atom. The molecule has 2 amide bonds. The van der Waals surface area contributed by atoms with Crippen molar-refractivity contribution in [2.24, 2.45) is 10.2 Å². The number of ether oxygens (including phenoxy) is 1. The van der Waals surface area contributed by atoms with Gasteiger partial charge in [0.15, 0.2) is 0 Å². The van der Waals surface area contributed by atoms with Crippen LogP contribution >= 0.6 is 0 Å². The average Bonchev–Trinajstić information content (AvgIpc) is 2.49. The third kappa shape index (κ3) is 5.28. The molecule has 0 unspecified atom stereocenters. The molecule has 0 radical (unpaired) electrons. The van der Waals surface area contributed by atoms with Crippen LogP contribution in [0.1, 0.15) is 67.9 Å². The molecule has 0 atom stereocenters. The third-order valence-electron chi connectivity index (χ3n) is 4.85. The fourth-order valence-electron chi connectivity index (χ4n) is 4.79. The molecule has 1 aromatic rings. The van der Waals surface area contributed by atoms with Crippen LogP contribution in [0, 0.1) is 6.92 Å². The Labute approximate surface area is 169 Å². The average molecular weight is 407 g/mol. The molecule has 156 valence electrons. The normalized spacial score (nSPS) is 13.5. The van der Waals surface area contributed by atoms with E-state index in [2.05, 4.69) is 72.5 Å². The van der Waals surface area contributed by atoms with E-state index in [0.29, 0.717) is 5.75 Å². The van der Waals surface area contributed by atoms with E-state index in [4.69, 9.17) is 9.16 Å². The van der Waals surface area contributed by atoms with Gasteiger partial charge in [0.05, 0.1) is 0 Å². The number of amides is 2. The van der Waals surface area contributed by atoms with E-state index in [1.807, 2.05) is 19.1 Å². The molecule has 0 aromatic heterocycles. The summed E-state index contributed by atoms with van der Waals surface area (Å²) in [7, 11) is -2.77. The number of hydrogen-bond donors (Lipinski definition) is 0. The molecule has 1 aromatic carbocycles. The monoisotopic (exact) mass is 406 g/mol. The van der Waals surface area contributed by atoms with Crippen LogP contribution in [0.5, 0.6) is 5.75 Å². The molecule has 0 aliphatic carbocycles. The highest BCUT2D eigenvalue weighted by molar-refractivity contribution is 6.83. The summed E-state index contributed by atoms with van der Waals surface area (Å²) in [5.74, 6) is 0.339. The van der Waals surface area contributed by atoms with Gasteiger partial charge in [0.1, 0.15) is 5.75 Å². The van der Waals surface area contributed by atoms with Gasteiger partial charge in [-0.1, -0.05) is 90.2 Å². The minimum atomic E-state index is -2.77. The second-order valence-electron chi connectivity index (χ2n) is 10.2. The van der Waals surface area contributed by atoms with Crippen molar-refractivity contribution in [2.45, 2.75) is 84.4 Å². The molecular formula is C21H34N2O4Si. The molecule has 0 bridgehead atoms. The highest BCUT2D eigenvalue weighted by Gasteiger charge is 2.64. The number of carbonyl (C=O) groups is 2. The van der Waals surface area contributed by atoms with Gasteiger partial charge in [-0.05, 0) is 34.2 Å². The maximum Gasteiger partial charge on any atom is 0.458 e. The Balaban J connectivity index is 3.04. The fourth-order valence-corrected chi connectivity index (χ4v) is 12.8. The van der Waals surface area contributed by atoms with Gasteiger partial charge in [-0.15, -0.1) is 0 Å². The van der Waals surface area contributed by atoms with Crippen molar-refractivity contribution in [2.75, 3.05) is 0 Å². The Morgan fingerprint density at radius 1 is 0.750 bits per heavy atom. The first-order valence-electron chi connectivity index (χ1n) is 9.44. The van der Waals surface area contributed by atoms with Gasteiger partial charge in [0.2, 0.25) is 0 Å². The molecule has 0 aliphatic heterocycles. The highest BCUT2D eigenvalue weighted by atomic mass is 28.4. The largest absolute Gasteiger partial charge is 0.499 e. The summed E-state index contributed by atoms with van der Waals surface area (Å²) in [4.78, 5) is 24.4. The standard InChI is InChI=1S/C21H34N2O4Si/c1-15-11-13-16(14-12-15)26-17(24)22-23-18(25)27-28(19(2,3)4,20(5,6)7)21(8,9)10/h11-14H,1-10H3/b23-22+. The van der Waals surface area contributed by atoms with E-state index < -0.39 is 20.5 Å². The summed E-state index contributed by atoms with van der Waals surface area (Å²) in [6, 6.07) is 6.92. The van der Waals surface area contributed by atoms with Crippen molar-refractivity contribution in [3.63, 3.8) is 0 Å². The van der Waals surface area contributed by atoms with E-state index in [9.17, 15) is 9.59 Å². The van der Waals surface area contributed by atoms with Gasteiger partial charge in [-0.25, -0.2) is 9.59 Å². The van der Waals surface area contributed by atoms with Gasteiger partial charge < -0.3 is 9.16 Å². The van der Waals surface area contributed by atoms with E-state index in [1.54, 1.807) is 12.1 Å². The summed E-state index contributed by atoms with van der Waals surface area (Å²) in [5.41, 5.74) is 1.04. The van der Waals surface area contributed by atoms with E-state index >= 15 is 0 Å². The lowest BCUT2D eigenvalue weighted by atomic mass is 10.2. The second-order valence-corrected chi connectivity index (χ2v) is 16.2. The summed E-state index contributed by atoms with van der Waals surface area (Å²) in [6.07, 6.45) is -1.82. The summed E-state index contributed by atoms with van der Waals surface area (Å²) >= 11 is 0. The molecule has 7 heteroatoms. The second kappa shape index (κ2) is 8.15. The molecule has 0 heterocycles. The number of carbonyl (C=O) groups excluding carboxylic acids is 2. The van der Waals surface area contributed by atoms with Crippen molar-refractivity contribution in [1.82, 2.24) is 0 Å². The first-order valence-corrected chi connectivity index (χ1v) is 11.4. The Bertz CT molecular complexity index is 700.